The van der Waals surface area contributed by atoms with Gasteiger partial charge >= 0.3 is 5.97 Å². The summed E-state index contributed by atoms with van der Waals surface area (Å²) in [5.41, 5.74) is 4.49. The molecule has 19 heavy (non-hydrogen) atoms. The summed E-state index contributed by atoms with van der Waals surface area (Å²) in [6, 6.07) is 5.96. The molecule has 1 aliphatic rings. The molecule has 2 rings (SSSR count). The summed E-state index contributed by atoms with van der Waals surface area (Å²) in [4.78, 5) is 11.7. The topological polar surface area (TPSA) is 72.5 Å². The highest BCUT2D eigenvalue weighted by Crippen LogP contribution is 2.35. The lowest BCUT2D eigenvalue weighted by molar-refractivity contribution is -0.144. The number of rotatable bonds is 5. The molecule has 1 heterocycles. The van der Waals surface area contributed by atoms with Crippen molar-refractivity contribution < 1.29 is 19.0 Å². The first kappa shape index (κ1) is 14.0. The Bertz CT molecular complexity index is 460. The van der Waals surface area contributed by atoms with E-state index in [2.05, 4.69) is 0 Å². The largest absolute Gasteiger partial charge is 0.481 e. The van der Waals surface area contributed by atoms with Gasteiger partial charge in [-0.05, 0) is 24.8 Å². The number of carboxylic acid groups (broad SMARTS) is 1. The summed E-state index contributed by atoms with van der Waals surface area (Å²) in [6.45, 7) is 1.02. The van der Waals surface area contributed by atoms with E-state index in [1.807, 2.05) is 0 Å². The summed E-state index contributed by atoms with van der Waals surface area (Å²) in [5, 5.41) is 9.57. The van der Waals surface area contributed by atoms with Crippen molar-refractivity contribution >= 4 is 5.97 Å². The maximum Gasteiger partial charge on any atom is 0.315 e. The molecule has 0 bridgehead atoms. The normalized spacial score (nSPS) is 22.1. The number of hydrogen-bond donors (Lipinski definition) is 2. The van der Waals surface area contributed by atoms with E-state index in [9.17, 15) is 14.3 Å². The summed E-state index contributed by atoms with van der Waals surface area (Å²) in [5.74, 6) is -1.49. The van der Waals surface area contributed by atoms with Crippen LogP contribution in [0.2, 0.25) is 0 Å². The highest BCUT2D eigenvalue weighted by atomic mass is 19.1. The predicted molar refractivity (Wildman–Crippen MR) is 68.3 cm³/mol. The van der Waals surface area contributed by atoms with E-state index < -0.39 is 17.2 Å². The number of nitrogens with two attached hydrogens (primary N) is 1. The highest BCUT2D eigenvalue weighted by Gasteiger charge is 2.43. The Morgan fingerprint density at radius 3 is 2.79 bits per heavy atom. The van der Waals surface area contributed by atoms with E-state index in [1.165, 1.54) is 12.1 Å². The molecule has 1 aliphatic heterocycles. The third kappa shape index (κ3) is 2.62. The Morgan fingerprint density at radius 2 is 2.26 bits per heavy atom. The van der Waals surface area contributed by atoms with Crippen LogP contribution in [0.1, 0.15) is 18.4 Å². The van der Waals surface area contributed by atoms with Crippen molar-refractivity contribution in [3.05, 3.63) is 35.6 Å². The van der Waals surface area contributed by atoms with Gasteiger partial charge in [0.2, 0.25) is 0 Å². The first-order valence-electron chi connectivity index (χ1n) is 6.36. The van der Waals surface area contributed by atoms with Gasteiger partial charge in [-0.1, -0.05) is 18.2 Å². The second kappa shape index (κ2) is 5.67. The molecule has 1 fully saturated rings. The second-order valence-corrected chi connectivity index (χ2v) is 5.00. The molecule has 4 nitrogen and oxygen atoms in total. The molecule has 0 amide bonds. The molecule has 104 valence electrons. The minimum absolute atomic E-state index is 0.110. The van der Waals surface area contributed by atoms with Gasteiger partial charge in [0, 0.05) is 25.3 Å². The summed E-state index contributed by atoms with van der Waals surface area (Å²) < 4.78 is 19.2. The summed E-state index contributed by atoms with van der Waals surface area (Å²) >= 11 is 0. The first-order chi connectivity index (χ1) is 9.10. The van der Waals surface area contributed by atoms with Crippen molar-refractivity contribution in [2.24, 2.45) is 11.7 Å². The molecule has 0 spiro atoms. The molecule has 0 aromatic heterocycles. The standard InChI is InChI=1S/C14H18FNO3/c15-12-4-2-1-3-11(12)14(9-16,13(17)18)7-10-5-6-19-8-10/h1-4,10H,5-9,16H2,(H,17,18). The zero-order valence-corrected chi connectivity index (χ0v) is 10.6. The Labute approximate surface area is 111 Å². The third-order valence-corrected chi connectivity index (χ3v) is 3.81. The van der Waals surface area contributed by atoms with Crippen molar-refractivity contribution in [2.75, 3.05) is 19.8 Å². The van der Waals surface area contributed by atoms with Crippen molar-refractivity contribution in [1.82, 2.24) is 0 Å². The summed E-state index contributed by atoms with van der Waals surface area (Å²) in [7, 11) is 0. The maximum atomic E-state index is 14.0. The first-order valence-corrected chi connectivity index (χ1v) is 6.36. The van der Waals surface area contributed by atoms with Crippen molar-refractivity contribution in [3.8, 4) is 0 Å². The van der Waals surface area contributed by atoms with Crippen LogP contribution >= 0.6 is 0 Å². The van der Waals surface area contributed by atoms with Crippen molar-refractivity contribution in [3.63, 3.8) is 0 Å². The molecule has 1 aromatic carbocycles. The van der Waals surface area contributed by atoms with Crippen LogP contribution in [0.5, 0.6) is 0 Å². The molecule has 0 saturated carbocycles. The fourth-order valence-corrected chi connectivity index (χ4v) is 2.68. The van der Waals surface area contributed by atoms with Crippen LogP contribution < -0.4 is 5.73 Å². The smallest absolute Gasteiger partial charge is 0.315 e. The van der Waals surface area contributed by atoms with Crippen LogP contribution in [0.25, 0.3) is 0 Å². The van der Waals surface area contributed by atoms with Crippen LogP contribution in [-0.2, 0) is 14.9 Å². The highest BCUT2D eigenvalue weighted by molar-refractivity contribution is 5.82. The molecule has 2 unspecified atom stereocenters. The number of carbonyl (C=O) groups is 1. The van der Waals surface area contributed by atoms with Crippen molar-refractivity contribution in [1.29, 1.82) is 0 Å². The minimum atomic E-state index is -1.37. The average Bonchev–Trinajstić information content (AvgIpc) is 2.89. The van der Waals surface area contributed by atoms with E-state index in [4.69, 9.17) is 10.5 Å². The average molecular weight is 267 g/mol. The Morgan fingerprint density at radius 1 is 1.53 bits per heavy atom. The third-order valence-electron chi connectivity index (χ3n) is 3.81. The van der Waals surface area contributed by atoms with Gasteiger partial charge in [0.25, 0.3) is 0 Å². The van der Waals surface area contributed by atoms with Gasteiger partial charge in [0.05, 0.1) is 0 Å². The van der Waals surface area contributed by atoms with Crippen LogP contribution in [0.15, 0.2) is 24.3 Å². The van der Waals surface area contributed by atoms with Gasteiger partial charge in [-0.3, -0.25) is 4.79 Å². The lowest BCUT2D eigenvalue weighted by Crippen LogP contribution is -2.45. The van der Waals surface area contributed by atoms with Gasteiger partial charge in [0.15, 0.2) is 0 Å². The van der Waals surface area contributed by atoms with Gasteiger partial charge in [-0.2, -0.15) is 0 Å². The predicted octanol–water partition coefficient (Wildman–Crippen LogP) is 1.53. The minimum Gasteiger partial charge on any atom is -0.481 e. The van der Waals surface area contributed by atoms with E-state index in [0.29, 0.717) is 19.6 Å². The van der Waals surface area contributed by atoms with Gasteiger partial charge in [0.1, 0.15) is 11.2 Å². The van der Waals surface area contributed by atoms with E-state index in [1.54, 1.807) is 12.1 Å². The Hall–Kier alpha value is -1.46. The molecule has 1 saturated heterocycles. The lowest BCUT2D eigenvalue weighted by Gasteiger charge is -2.31. The van der Waals surface area contributed by atoms with Gasteiger partial charge < -0.3 is 15.6 Å². The number of hydrogen-bond acceptors (Lipinski definition) is 3. The van der Waals surface area contributed by atoms with Crippen LogP contribution in [0.3, 0.4) is 0 Å². The van der Waals surface area contributed by atoms with Crippen molar-refractivity contribution in [2.45, 2.75) is 18.3 Å². The SMILES string of the molecule is NCC(CC1CCOC1)(C(=O)O)c1ccccc1F. The quantitative estimate of drug-likeness (QED) is 0.848. The Kier molecular flexibility index (Phi) is 4.17. The van der Waals surface area contributed by atoms with Crippen LogP contribution in [-0.4, -0.2) is 30.8 Å². The summed E-state index contributed by atoms with van der Waals surface area (Å²) in [6.07, 6.45) is 1.10. The van der Waals surface area contributed by atoms with Crippen LogP contribution in [0.4, 0.5) is 4.39 Å². The maximum absolute atomic E-state index is 14.0. The molecule has 3 N–H and O–H groups in total. The fourth-order valence-electron chi connectivity index (χ4n) is 2.68. The number of ether oxygens (including phenoxy) is 1. The van der Waals surface area contributed by atoms with Crippen LogP contribution in [0, 0.1) is 11.7 Å². The van der Waals surface area contributed by atoms with E-state index >= 15 is 0 Å². The zero-order chi connectivity index (χ0) is 13.9. The molecule has 0 aliphatic carbocycles. The lowest BCUT2D eigenvalue weighted by atomic mass is 9.73. The second-order valence-electron chi connectivity index (χ2n) is 5.00. The fraction of sp³-hybridized carbons (Fsp3) is 0.500. The molecule has 1 aromatic rings. The van der Waals surface area contributed by atoms with E-state index in [-0.39, 0.29) is 18.0 Å². The zero-order valence-electron chi connectivity index (χ0n) is 10.6. The molecular formula is C14H18FNO3. The molecule has 0 radical (unpaired) electrons. The number of benzene rings is 1. The number of carboxylic acids is 1. The molecule has 2 atom stereocenters. The number of aliphatic carboxylic acids is 1. The molecule has 5 heteroatoms. The monoisotopic (exact) mass is 267 g/mol. The van der Waals surface area contributed by atoms with E-state index in [0.717, 1.165) is 6.42 Å². The number of halogens is 1. The molecular weight excluding hydrogens is 249 g/mol. The van der Waals surface area contributed by atoms with Gasteiger partial charge in [-0.15, -0.1) is 0 Å². The van der Waals surface area contributed by atoms with Gasteiger partial charge in [-0.25, -0.2) is 4.39 Å². The Balaban J connectivity index is 2.38.